The van der Waals surface area contributed by atoms with Gasteiger partial charge in [0.25, 0.3) is 0 Å². The summed E-state index contributed by atoms with van der Waals surface area (Å²) >= 11 is 0. The molecule has 1 aliphatic rings. The van der Waals surface area contributed by atoms with Crippen LogP contribution in [0.15, 0.2) is 42.5 Å². The number of allylic oxidation sites excluding steroid dienone is 2. The number of hydrogen-bond donors (Lipinski definition) is 3. The fourth-order valence-electron chi connectivity index (χ4n) is 4.47. The predicted molar refractivity (Wildman–Crippen MR) is 122 cm³/mol. The normalized spacial score (nSPS) is 24.7. The standard InChI is InChI=1S/C26H40O5/c1-19(2)31-26(30)13-9-4-3-8-12-22-23(25(29)18-24(22)28)17-16-21(27)15-14-20-10-6-5-7-11-20/h3,5-8,10-11,19,21-25,27-29H,4,9,12-18H2,1-2H3/b8-3-/t21-,22-,23-,24+,25-/m0/s1. The highest BCUT2D eigenvalue weighted by atomic mass is 16.5. The van der Waals surface area contributed by atoms with Gasteiger partial charge >= 0.3 is 5.97 Å². The van der Waals surface area contributed by atoms with Gasteiger partial charge in [-0.3, -0.25) is 4.79 Å². The fraction of sp³-hybridized carbons (Fsp3) is 0.654. The van der Waals surface area contributed by atoms with Gasteiger partial charge < -0.3 is 20.1 Å². The Kier molecular flexibility index (Phi) is 11.3. The van der Waals surface area contributed by atoms with Crippen LogP contribution in [-0.4, -0.2) is 45.7 Å². The second-order valence-electron chi connectivity index (χ2n) is 9.09. The first-order valence-electron chi connectivity index (χ1n) is 11.8. The van der Waals surface area contributed by atoms with Crippen LogP contribution in [0.4, 0.5) is 0 Å². The van der Waals surface area contributed by atoms with Crippen LogP contribution in [-0.2, 0) is 16.0 Å². The number of benzene rings is 1. The molecule has 1 aromatic carbocycles. The maximum absolute atomic E-state index is 11.5. The Morgan fingerprint density at radius 1 is 1.10 bits per heavy atom. The van der Waals surface area contributed by atoms with Crippen LogP contribution in [0.2, 0.25) is 0 Å². The Hall–Kier alpha value is -1.69. The van der Waals surface area contributed by atoms with Crippen molar-refractivity contribution in [3.63, 3.8) is 0 Å². The van der Waals surface area contributed by atoms with Crippen LogP contribution in [0.1, 0.15) is 70.8 Å². The van der Waals surface area contributed by atoms with Gasteiger partial charge in [0.05, 0.1) is 24.4 Å². The molecule has 0 unspecified atom stereocenters. The number of aliphatic hydroxyl groups is 3. The Labute approximate surface area is 187 Å². The number of ether oxygens (including phenoxy) is 1. The van der Waals surface area contributed by atoms with Crippen LogP contribution in [0, 0.1) is 11.8 Å². The SMILES string of the molecule is CC(C)OC(=O)CCC/C=C\C[C@H]1[C@H](CC[C@@H](O)CCc2ccccc2)[C@@H](O)C[C@H]1O. The highest BCUT2D eigenvalue weighted by molar-refractivity contribution is 5.69. The summed E-state index contributed by atoms with van der Waals surface area (Å²) < 4.78 is 5.12. The summed E-state index contributed by atoms with van der Waals surface area (Å²) in [5.74, 6) is -0.144. The van der Waals surface area contributed by atoms with Gasteiger partial charge in [0.15, 0.2) is 0 Å². The molecule has 1 fully saturated rings. The summed E-state index contributed by atoms with van der Waals surface area (Å²) in [7, 11) is 0. The zero-order valence-electron chi connectivity index (χ0n) is 19.0. The van der Waals surface area contributed by atoms with E-state index in [1.54, 1.807) is 0 Å². The van der Waals surface area contributed by atoms with E-state index in [1.165, 1.54) is 5.56 Å². The van der Waals surface area contributed by atoms with Crippen LogP contribution >= 0.6 is 0 Å². The van der Waals surface area contributed by atoms with E-state index in [0.717, 1.165) is 19.3 Å². The van der Waals surface area contributed by atoms with Gasteiger partial charge in [0.1, 0.15) is 0 Å². The van der Waals surface area contributed by atoms with E-state index in [9.17, 15) is 20.1 Å². The molecule has 5 heteroatoms. The number of carbonyl (C=O) groups excluding carboxylic acids is 1. The van der Waals surface area contributed by atoms with Gasteiger partial charge in [-0.2, -0.15) is 0 Å². The minimum atomic E-state index is -0.513. The smallest absolute Gasteiger partial charge is 0.306 e. The van der Waals surface area contributed by atoms with Crippen LogP contribution in [0.5, 0.6) is 0 Å². The summed E-state index contributed by atoms with van der Waals surface area (Å²) in [6.07, 6.45) is 8.58. The van der Waals surface area contributed by atoms with Crippen LogP contribution < -0.4 is 0 Å². The van der Waals surface area contributed by atoms with E-state index in [4.69, 9.17) is 4.74 Å². The number of rotatable bonds is 13. The summed E-state index contributed by atoms with van der Waals surface area (Å²) in [6, 6.07) is 10.1. The summed E-state index contributed by atoms with van der Waals surface area (Å²) in [4.78, 5) is 11.5. The van der Waals surface area contributed by atoms with Crippen molar-refractivity contribution in [2.24, 2.45) is 11.8 Å². The average Bonchev–Trinajstić information content (AvgIpc) is 3.00. The van der Waals surface area contributed by atoms with Crippen molar-refractivity contribution in [2.45, 2.75) is 96.1 Å². The highest BCUT2D eigenvalue weighted by Gasteiger charge is 2.40. The molecule has 0 amide bonds. The number of carbonyl (C=O) groups is 1. The molecule has 0 heterocycles. The van der Waals surface area contributed by atoms with Crippen molar-refractivity contribution in [2.75, 3.05) is 0 Å². The summed E-state index contributed by atoms with van der Waals surface area (Å²) in [5.41, 5.74) is 1.22. The monoisotopic (exact) mass is 432 g/mol. The molecule has 1 aromatic rings. The molecule has 5 nitrogen and oxygen atoms in total. The zero-order chi connectivity index (χ0) is 22.6. The number of aliphatic hydroxyl groups excluding tert-OH is 3. The maximum atomic E-state index is 11.5. The molecule has 0 saturated heterocycles. The van der Waals surface area contributed by atoms with Crippen molar-refractivity contribution in [3.8, 4) is 0 Å². The van der Waals surface area contributed by atoms with Crippen molar-refractivity contribution < 1.29 is 24.9 Å². The molecule has 0 bridgehead atoms. The zero-order valence-corrected chi connectivity index (χ0v) is 19.0. The van der Waals surface area contributed by atoms with Gasteiger partial charge in [0, 0.05) is 6.42 Å². The molecule has 1 aliphatic carbocycles. The lowest BCUT2D eigenvalue weighted by molar-refractivity contribution is -0.147. The van der Waals surface area contributed by atoms with E-state index >= 15 is 0 Å². The predicted octanol–water partition coefficient (Wildman–Crippen LogP) is 4.19. The first-order valence-corrected chi connectivity index (χ1v) is 11.8. The average molecular weight is 433 g/mol. The highest BCUT2D eigenvalue weighted by Crippen LogP contribution is 2.38. The molecule has 31 heavy (non-hydrogen) atoms. The number of aryl methyl sites for hydroxylation is 1. The molecule has 1 saturated carbocycles. The topological polar surface area (TPSA) is 87.0 Å². The van der Waals surface area contributed by atoms with E-state index < -0.39 is 18.3 Å². The van der Waals surface area contributed by atoms with E-state index in [2.05, 4.69) is 18.2 Å². The lowest BCUT2D eigenvalue weighted by atomic mass is 9.85. The van der Waals surface area contributed by atoms with Gasteiger partial charge in [0.2, 0.25) is 0 Å². The third-order valence-electron chi connectivity index (χ3n) is 6.16. The Morgan fingerprint density at radius 3 is 2.52 bits per heavy atom. The lowest BCUT2D eigenvalue weighted by Gasteiger charge is -2.23. The molecule has 0 aliphatic heterocycles. The van der Waals surface area contributed by atoms with E-state index in [1.807, 2.05) is 38.1 Å². The Bertz CT molecular complexity index is 657. The van der Waals surface area contributed by atoms with Crippen LogP contribution in [0.25, 0.3) is 0 Å². The fourth-order valence-corrected chi connectivity index (χ4v) is 4.47. The van der Waals surface area contributed by atoms with E-state index in [-0.39, 0.29) is 23.9 Å². The van der Waals surface area contributed by atoms with Crippen LogP contribution in [0.3, 0.4) is 0 Å². The number of hydrogen-bond acceptors (Lipinski definition) is 5. The van der Waals surface area contributed by atoms with Gasteiger partial charge in [-0.15, -0.1) is 0 Å². The lowest BCUT2D eigenvalue weighted by Crippen LogP contribution is -2.23. The number of unbranched alkanes of at least 4 members (excludes halogenated alkanes) is 1. The first kappa shape index (κ1) is 25.6. The quantitative estimate of drug-likeness (QED) is 0.247. The second-order valence-corrected chi connectivity index (χ2v) is 9.09. The first-order chi connectivity index (χ1) is 14.9. The maximum Gasteiger partial charge on any atom is 0.306 e. The van der Waals surface area contributed by atoms with Crippen molar-refractivity contribution in [1.29, 1.82) is 0 Å². The van der Waals surface area contributed by atoms with Crippen molar-refractivity contribution in [1.82, 2.24) is 0 Å². The summed E-state index contributed by atoms with van der Waals surface area (Å²) in [6.45, 7) is 3.69. The molecule has 3 N–H and O–H groups in total. The molecular formula is C26H40O5. The van der Waals surface area contributed by atoms with Gasteiger partial charge in [-0.1, -0.05) is 42.5 Å². The Morgan fingerprint density at radius 2 is 1.81 bits per heavy atom. The largest absolute Gasteiger partial charge is 0.463 e. The molecule has 0 spiro atoms. The molecule has 5 atom stereocenters. The molecule has 174 valence electrons. The molecule has 0 aromatic heterocycles. The Balaban J connectivity index is 1.70. The second kappa shape index (κ2) is 13.7. The van der Waals surface area contributed by atoms with Gasteiger partial charge in [-0.25, -0.2) is 0 Å². The number of esters is 1. The van der Waals surface area contributed by atoms with Crippen molar-refractivity contribution >= 4 is 5.97 Å². The van der Waals surface area contributed by atoms with E-state index in [0.29, 0.717) is 38.5 Å². The van der Waals surface area contributed by atoms with Crippen molar-refractivity contribution in [3.05, 3.63) is 48.0 Å². The van der Waals surface area contributed by atoms with Gasteiger partial charge in [-0.05, 0) is 82.6 Å². The third-order valence-corrected chi connectivity index (χ3v) is 6.16. The summed E-state index contributed by atoms with van der Waals surface area (Å²) in [5, 5.41) is 31.2. The molecular weight excluding hydrogens is 392 g/mol. The third kappa shape index (κ3) is 9.55. The molecule has 0 radical (unpaired) electrons. The molecule has 2 rings (SSSR count). The minimum absolute atomic E-state index is 0.00652. The minimum Gasteiger partial charge on any atom is -0.463 e.